The van der Waals surface area contributed by atoms with Crippen molar-refractivity contribution in [3.8, 4) is 5.75 Å². The molecule has 3 nitrogen and oxygen atoms in total. The molecule has 0 radical (unpaired) electrons. The summed E-state index contributed by atoms with van der Waals surface area (Å²) in [5, 5.41) is 9.55. The maximum atomic E-state index is 13.2. The van der Waals surface area contributed by atoms with Gasteiger partial charge in [0.25, 0.3) is 0 Å². The minimum atomic E-state index is -0.734. The zero-order valence-corrected chi connectivity index (χ0v) is 7.92. The molecule has 0 aliphatic heterocycles. The van der Waals surface area contributed by atoms with Crippen LogP contribution in [0, 0.1) is 11.6 Å². The molecule has 0 saturated heterocycles. The first-order valence-corrected chi connectivity index (χ1v) is 3.96. The molecule has 0 bridgehead atoms. The molecule has 0 unspecified atom stereocenters. The molecule has 0 amide bonds. The van der Waals surface area contributed by atoms with Gasteiger partial charge in [0.15, 0.2) is 0 Å². The fraction of sp³-hybridized carbons (Fsp3) is 0.333. The van der Waals surface area contributed by atoms with E-state index in [-0.39, 0.29) is 17.9 Å². The summed E-state index contributed by atoms with van der Waals surface area (Å²) < 4.78 is 31.1. The van der Waals surface area contributed by atoms with Gasteiger partial charge in [-0.15, -0.1) is 0 Å². The summed E-state index contributed by atoms with van der Waals surface area (Å²) in [6.45, 7) is -0.207. The van der Waals surface area contributed by atoms with E-state index in [1.807, 2.05) is 0 Å². The molecule has 0 fully saturated rings. The number of rotatable bonds is 3. The van der Waals surface area contributed by atoms with Crippen molar-refractivity contribution in [2.45, 2.75) is 6.54 Å². The van der Waals surface area contributed by atoms with Crippen molar-refractivity contribution in [1.82, 2.24) is 5.06 Å². The Morgan fingerprint density at radius 2 is 1.86 bits per heavy atom. The Kier molecular flexibility index (Phi) is 3.38. The standard InChI is InChI=1S/C9H11F2NO2/c1-12(13)5-7-8(10)3-6(14-2)4-9(7)11/h3-4,13H,5H2,1-2H3. The topological polar surface area (TPSA) is 32.7 Å². The molecule has 0 aromatic heterocycles. The first kappa shape index (κ1) is 10.9. The second kappa shape index (κ2) is 4.34. The minimum absolute atomic E-state index is 0.115. The van der Waals surface area contributed by atoms with E-state index in [2.05, 4.69) is 4.74 Å². The number of methoxy groups -OCH3 is 1. The molecule has 0 atom stereocenters. The Bertz CT molecular complexity index is 306. The van der Waals surface area contributed by atoms with Crippen LogP contribution in [-0.4, -0.2) is 24.4 Å². The second-order valence-corrected chi connectivity index (χ2v) is 2.89. The van der Waals surface area contributed by atoms with Gasteiger partial charge in [-0.05, 0) is 0 Å². The molecule has 5 heteroatoms. The predicted octanol–water partition coefficient (Wildman–Crippen LogP) is 1.79. The molecule has 0 spiro atoms. The maximum absolute atomic E-state index is 13.2. The average Bonchev–Trinajstić information content (AvgIpc) is 2.10. The molecule has 14 heavy (non-hydrogen) atoms. The van der Waals surface area contributed by atoms with Crippen molar-refractivity contribution in [2.75, 3.05) is 14.2 Å². The van der Waals surface area contributed by atoms with Crippen molar-refractivity contribution >= 4 is 0 Å². The number of benzene rings is 1. The number of halogens is 2. The van der Waals surface area contributed by atoms with E-state index in [1.54, 1.807) is 0 Å². The molecule has 1 rings (SSSR count). The number of ether oxygens (including phenoxy) is 1. The molecule has 1 N–H and O–H groups in total. The van der Waals surface area contributed by atoms with E-state index in [0.29, 0.717) is 5.06 Å². The van der Waals surface area contributed by atoms with E-state index < -0.39 is 11.6 Å². The second-order valence-electron chi connectivity index (χ2n) is 2.89. The van der Waals surface area contributed by atoms with Crippen LogP contribution in [0.1, 0.15) is 5.56 Å². The van der Waals surface area contributed by atoms with Crippen LogP contribution in [0.4, 0.5) is 8.78 Å². The number of hydrogen-bond donors (Lipinski definition) is 1. The lowest BCUT2D eigenvalue weighted by Gasteiger charge is -2.11. The highest BCUT2D eigenvalue weighted by Gasteiger charge is 2.12. The summed E-state index contributed by atoms with van der Waals surface area (Å²) in [4.78, 5) is 0. The van der Waals surface area contributed by atoms with Crippen LogP contribution in [0.15, 0.2) is 12.1 Å². The summed E-state index contributed by atoms with van der Waals surface area (Å²) in [5.74, 6) is -1.35. The Labute approximate surface area is 80.5 Å². The fourth-order valence-electron chi connectivity index (χ4n) is 1.08. The predicted molar refractivity (Wildman–Crippen MR) is 46.2 cm³/mol. The average molecular weight is 203 g/mol. The lowest BCUT2D eigenvalue weighted by Crippen LogP contribution is -2.14. The van der Waals surface area contributed by atoms with Crippen LogP contribution in [0.2, 0.25) is 0 Å². The van der Waals surface area contributed by atoms with Crippen LogP contribution in [0.3, 0.4) is 0 Å². The summed E-state index contributed by atoms with van der Waals surface area (Å²) in [7, 11) is 2.63. The minimum Gasteiger partial charge on any atom is -0.497 e. The van der Waals surface area contributed by atoms with Gasteiger partial charge in [-0.2, -0.15) is 5.06 Å². The summed E-state index contributed by atoms with van der Waals surface area (Å²) in [6.07, 6.45) is 0. The monoisotopic (exact) mass is 203 g/mol. The lowest BCUT2D eigenvalue weighted by molar-refractivity contribution is -0.0746. The van der Waals surface area contributed by atoms with Gasteiger partial charge < -0.3 is 9.94 Å². The van der Waals surface area contributed by atoms with E-state index >= 15 is 0 Å². The highest BCUT2D eigenvalue weighted by Crippen LogP contribution is 2.20. The highest BCUT2D eigenvalue weighted by atomic mass is 19.1. The molecule has 0 aliphatic rings. The molecule has 0 aliphatic carbocycles. The molecular formula is C9H11F2NO2. The Morgan fingerprint density at radius 3 is 2.21 bits per heavy atom. The highest BCUT2D eigenvalue weighted by molar-refractivity contribution is 5.30. The van der Waals surface area contributed by atoms with Crippen LogP contribution >= 0.6 is 0 Å². The van der Waals surface area contributed by atoms with Gasteiger partial charge in [0.2, 0.25) is 0 Å². The van der Waals surface area contributed by atoms with Gasteiger partial charge in [-0.25, -0.2) is 8.78 Å². The maximum Gasteiger partial charge on any atom is 0.134 e. The molecule has 0 saturated carbocycles. The van der Waals surface area contributed by atoms with Crippen LogP contribution in [-0.2, 0) is 6.54 Å². The summed E-state index contributed by atoms with van der Waals surface area (Å²) >= 11 is 0. The molecule has 1 aromatic carbocycles. The Balaban J connectivity index is 3.05. The van der Waals surface area contributed by atoms with Gasteiger partial charge in [-0.1, -0.05) is 0 Å². The van der Waals surface area contributed by atoms with Gasteiger partial charge in [0.05, 0.1) is 13.7 Å². The fourth-order valence-corrected chi connectivity index (χ4v) is 1.08. The summed E-state index contributed by atoms with van der Waals surface area (Å²) in [6, 6.07) is 2.14. The summed E-state index contributed by atoms with van der Waals surface area (Å²) in [5.41, 5.74) is -0.184. The van der Waals surface area contributed by atoms with E-state index in [9.17, 15) is 8.78 Å². The van der Waals surface area contributed by atoms with Gasteiger partial charge in [-0.3, -0.25) is 0 Å². The first-order valence-electron chi connectivity index (χ1n) is 3.96. The SMILES string of the molecule is COc1cc(F)c(CN(C)O)c(F)c1. The molecular weight excluding hydrogens is 192 g/mol. The smallest absolute Gasteiger partial charge is 0.134 e. The van der Waals surface area contributed by atoms with Crippen LogP contribution in [0.25, 0.3) is 0 Å². The van der Waals surface area contributed by atoms with E-state index in [0.717, 1.165) is 12.1 Å². The van der Waals surface area contributed by atoms with Crippen molar-refractivity contribution < 1.29 is 18.7 Å². The molecule has 0 heterocycles. The third-order valence-electron chi connectivity index (χ3n) is 1.74. The van der Waals surface area contributed by atoms with Gasteiger partial charge >= 0.3 is 0 Å². The first-order chi connectivity index (χ1) is 6.54. The zero-order chi connectivity index (χ0) is 10.7. The third kappa shape index (κ3) is 2.40. The number of hydroxylamine groups is 2. The van der Waals surface area contributed by atoms with Crippen molar-refractivity contribution in [3.05, 3.63) is 29.3 Å². The normalized spacial score (nSPS) is 10.7. The number of nitrogens with zero attached hydrogens (tertiary/aromatic N) is 1. The Morgan fingerprint density at radius 1 is 1.36 bits per heavy atom. The van der Waals surface area contributed by atoms with Crippen molar-refractivity contribution in [3.63, 3.8) is 0 Å². The molecule has 1 aromatic rings. The largest absolute Gasteiger partial charge is 0.497 e. The third-order valence-corrected chi connectivity index (χ3v) is 1.74. The van der Waals surface area contributed by atoms with Gasteiger partial charge in [0.1, 0.15) is 17.4 Å². The quantitative estimate of drug-likeness (QED) is 0.760. The Hall–Kier alpha value is -1.20. The van der Waals surface area contributed by atoms with Crippen molar-refractivity contribution in [2.24, 2.45) is 0 Å². The van der Waals surface area contributed by atoms with Crippen LogP contribution < -0.4 is 4.74 Å². The molecule has 78 valence electrons. The van der Waals surface area contributed by atoms with Crippen molar-refractivity contribution in [1.29, 1.82) is 0 Å². The van der Waals surface area contributed by atoms with E-state index in [1.165, 1.54) is 14.2 Å². The number of hydrogen-bond acceptors (Lipinski definition) is 3. The lowest BCUT2D eigenvalue weighted by atomic mass is 10.2. The zero-order valence-electron chi connectivity index (χ0n) is 7.92. The van der Waals surface area contributed by atoms with E-state index in [4.69, 9.17) is 5.21 Å². The van der Waals surface area contributed by atoms with Gasteiger partial charge in [0, 0.05) is 24.7 Å². The van der Waals surface area contributed by atoms with Crippen LogP contribution in [0.5, 0.6) is 5.75 Å².